The minimum atomic E-state index is 0.855. The summed E-state index contributed by atoms with van der Waals surface area (Å²) in [5.41, 5.74) is 1.23. The molecule has 0 aliphatic rings. The molecule has 0 aliphatic carbocycles. The lowest BCUT2D eigenvalue weighted by Gasteiger charge is -2.07. The summed E-state index contributed by atoms with van der Waals surface area (Å²) in [6, 6.07) is 9.98. The first kappa shape index (κ1) is 12.4. The van der Waals surface area contributed by atoms with Gasteiger partial charge in [-0.25, -0.2) is 4.98 Å². The third-order valence-electron chi connectivity index (χ3n) is 2.55. The molecule has 0 radical (unpaired) electrons. The fourth-order valence-electron chi connectivity index (χ4n) is 1.69. The number of pyridine rings is 2. The second-order valence-electron chi connectivity index (χ2n) is 3.98. The monoisotopic (exact) mass is 242 g/mol. The molecule has 0 fully saturated rings. The fraction of sp³-hybridized carbons (Fsp3) is 0.286. The summed E-state index contributed by atoms with van der Waals surface area (Å²) < 4.78 is 0. The van der Waals surface area contributed by atoms with E-state index in [-0.39, 0.29) is 0 Å². The summed E-state index contributed by atoms with van der Waals surface area (Å²) in [7, 11) is 0. The number of nitrogens with zero attached hydrogens (tertiary/aromatic N) is 2. The minimum Gasteiger partial charge on any atom is -0.370 e. The largest absolute Gasteiger partial charge is 0.370 e. The summed E-state index contributed by atoms with van der Waals surface area (Å²) in [4.78, 5) is 8.55. The predicted molar refractivity (Wildman–Crippen MR) is 74.8 cm³/mol. The van der Waals surface area contributed by atoms with Crippen LogP contribution in [0.5, 0.6) is 0 Å². The van der Waals surface area contributed by atoms with Crippen molar-refractivity contribution in [2.75, 3.05) is 23.7 Å². The van der Waals surface area contributed by atoms with Crippen LogP contribution in [-0.4, -0.2) is 23.1 Å². The van der Waals surface area contributed by atoms with E-state index in [4.69, 9.17) is 0 Å². The highest BCUT2D eigenvalue weighted by atomic mass is 15.1. The van der Waals surface area contributed by atoms with E-state index in [9.17, 15) is 0 Å². The van der Waals surface area contributed by atoms with Gasteiger partial charge in [0.1, 0.15) is 11.6 Å². The molecule has 2 heterocycles. The molecule has 0 bridgehead atoms. The number of aromatic nitrogens is 2. The van der Waals surface area contributed by atoms with Crippen molar-refractivity contribution in [3.8, 4) is 0 Å². The average Bonchev–Trinajstić information content (AvgIpc) is 2.41. The zero-order valence-corrected chi connectivity index (χ0v) is 10.6. The van der Waals surface area contributed by atoms with Crippen molar-refractivity contribution in [3.63, 3.8) is 0 Å². The van der Waals surface area contributed by atoms with Crippen LogP contribution in [0.4, 0.5) is 11.6 Å². The molecule has 18 heavy (non-hydrogen) atoms. The van der Waals surface area contributed by atoms with Gasteiger partial charge in [-0.1, -0.05) is 12.1 Å². The van der Waals surface area contributed by atoms with Crippen LogP contribution in [0.3, 0.4) is 0 Å². The molecule has 0 aliphatic heterocycles. The molecule has 0 atom stereocenters. The fourth-order valence-corrected chi connectivity index (χ4v) is 1.69. The molecule has 2 rings (SSSR count). The summed E-state index contributed by atoms with van der Waals surface area (Å²) in [5, 5.41) is 6.51. The van der Waals surface area contributed by atoms with Crippen molar-refractivity contribution in [1.29, 1.82) is 0 Å². The number of anilines is 2. The molecule has 0 amide bonds. The SMILES string of the molecule is CCNc1cccc(NCCc2cccnc2)n1. The van der Waals surface area contributed by atoms with E-state index < -0.39 is 0 Å². The first-order valence-electron chi connectivity index (χ1n) is 6.22. The Morgan fingerprint density at radius 1 is 1.06 bits per heavy atom. The van der Waals surface area contributed by atoms with Crippen molar-refractivity contribution in [1.82, 2.24) is 9.97 Å². The molecule has 0 unspecified atom stereocenters. The van der Waals surface area contributed by atoms with Crippen LogP contribution in [0.1, 0.15) is 12.5 Å². The Hall–Kier alpha value is -2.10. The Morgan fingerprint density at radius 2 is 1.89 bits per heavy atom. The van der Waals surface area contributed by atoms with E-state index in [1.807, 2.05) is 30.5 Å². The molecule has 0 saturated heterocycles. The Balaban J connectivity index is 1.84. The van der Waals surface area contributed by atoms with Crippen LogP contribution in [0, 0.1) is 0 Å². The van der Waals surface area contributed by atoms with Crippen molar-refractivity contribution in [3.05, 3.63) is 48.3 Å². The molecule has 2 aromatic heterocycles. The van der Waals surface area contributed by atoms with Gasteiger partial charge >= 0.3 is 0 Å². The van der Waals surface area contributed by atoms with Gasteiger partial charge in [0.15, 0.2) is 0 Å². The summed E-state index contributed by atoms with van der Waals surface area (Å²) in [5.74, 6) is 1.81. The van der Waals surface area contributed by atoms with E-state index in [0.717, 1.165) is 31.1 Å². The number of hydrogen-bond acceptors (Lipinski definition) is 4. The van der Waals surface area contributed by atoms with Crippen molar-refractivity contribution < 1.29 is 0 Å². The first-order valence-corrected chi connectivity index (χ1v) is 6.22. The average molecular weight is 242 g/mol. The van der Waals surface area contributed by atoms with Crippen LogP contribution < -0.4 is 10.6 Å². The Bertz CT molecular complexity index is 470. The summed E-state index contributed by atoms with van der Waals surface area (Å²) in [6.45, 7) is 3.80. The smallest absolute Gasteiger partial charge is 0.128 e. The van der Waals surface area contributed by atoms with Crippen LogP contribution in [-0.2, 0) is 6.42 Å². The second-order valence-corrected chi connectivity index (χ2v) is 3.98. The molecular formula is C14H18N4. The van der Waals surface area contributed by atoms with Gasteiger partial charge in [0, 0.05) is 25.5 Å². The van der Waals surface area contributed by atoms with E-state index in [0.29, 0.717) is 0 Å². The van der Waals surface area contributed by atoms with Gasteiger partial charge in [-0.3, -0.25) is 4.98 Å². The Morgan fingerprint density at radius 3 is 2.61 bits per heavy atom. The van der Waals surface area contributed by atoms with Crippen LogP contribution in [0.25, 0.3) is 0 Å². The van der Waals surface area contributed by atoms with E-state index in [1.165, 1.54) is 5.56 Å². The molecule has 0 spiro atoms. The van der Waals surface area contributed by atoms with E-state index in [2.05, 4.69) is 33.6 Å². The quantitative estimate of drug-likeness (QED) is 0.817. The standard InChI is InChI=1S/C14H18N4/c1-2-16-13-6-3-7-14(18-13)17-10-8-12-5-4-9-15-11-12/h3-7,9,11H,2,8,10H2,1H3,(H2,16,17,18). The Labute approximate surface area is 107 Å². The van der Waals surface area contributed by atoms with Crippen LogP contribution in [0.15, 0.2) is 42.7 Å². The van der Waals surface area contributed by atoms with E-state index in [1.54, 1.807) is 6.20 Å². The molecule has 94 valence electrons. The third-order valence-corrected chi connectivity index (χ3v) is 2.55. The predicted octanol–water partition coefficient (Wildman–Crippen LogP) is 2.56. The van der Waals surface area contributed by atoms with Gasteiger partial charge in [0.25, 0.3) is 0 Å². The Kier molecular flexibility index (Phi) is 4.53. The number of hydrogen-bond donors (Lipinski definition) is 2. The minimum absolute atomic E-state index is 0.855. The zero-order valence-electron chi connectivity index (χ0n) is 10.6. The highest BCUT2D eigenvalue weighted by molar-refractivity contribution is 5.45. The van der Waals surface area contributed by atoms with Gasteiger partial charge in [0.05, 0.1) is 0 Å². The molecule has 2 aromatic rings. The molecule has 4 nitrogen and oxygen atoms in total. The third kappa shape index (κ3) is 3.73. The maximum atomic E-state index is 4.46. The van der Waals surface area contributed by atoms with Gasteiger partial charge in [-0.2, -0.15) is 0 Å². The highest BCUT2D eigenvalue weighted by Gasteiger charge is 1.96. The molecule has 4 heteroatoms. The van der Waals surface area contributed by atoms with Gasteiger partial charge in [0.2, 0.25) is 0 Å². The van der Waals surface area contributed by atoms with Crippen LogP contribution in [0.2, 0.25) is 0 Å². The van der Waals surface area contributed by atoms with Gasteiger partial charge in [-0.05, 0) is 37.1 Å². The summed E-state index contributed by atoms with van der Waals surface area (Å²) >= 11 is 0. The van der Waals surface area contributed by atoms with E-state index >= 15 is 0 Å². The lowest BCUT2D eigenvalue weighted by Crippen LogP contribution is -2.07. The van der Waals surface area contributed by atoms with Gasteiger partial charge < -0.3 is 10.6 Å². The molecular weight excluding hydrogens is 224 g/mol. The maximum absolute atomic E-state index is 4.46. The highest BCUT2D eigenvalue weighted by Crippen LogP contribution is 2.09. The van der Waals surface area contributed by atoms with Crippen LogP contribution >= 0.6 is 0 Å². The van der Waals surface area contributed by atoms with Gasteiger partial charge in [-0.15, -0.1) is 0 Å². The molecule has 0 aromatic carbocycles. The zero-order chi connectivity index (χ0) is 12.6. The topological polar surface area (TPSA) is 49.8 Å². The summed E-state index contributed by atoms with van der Waals surface area (Å²) in [6.07, 6.45) is 4.63. The van der Waals surface area contributed by atoms with Crippen molar-refractivity contribution in [2.45, 2.75) is 13.3 Å². The van der Waals surface area contributed by atoms with Crippen molar-refractivity contribution >= 4 is 11.6 Å². The number of nitrogens with one attached hydrogen (secondary N) is 2. The van der Waals surface area contributed by atoms with Crippen molar-refractivity contribution in [2.24, 2.45) is 0 Å². The second kappa shape index (κ2) is 6.59. The molecule has 0 saturated carbocycles. The molecule has 2 N–H and O–H groups in total. The maximum Gasteiger partial charge on any atom is 0.128 e. The lowest BCUT2D eigenvalue weighted by atomic mass is 10.2. The first-order chi connectivity index (χ1) is 8.88. The lowest BCUT2D eigenvalue weighted by molar-refractivity contribution is 0.993. The normalized spacial score (nSPS) is 10.1. The number of rotatable bonds is 6.